The maximum Gasteiger partial charge on any atom is 0.196 e. The monoisotopic (exact) mass is 660 g/mol. The van der Waals surface area contributed by atoms with Gasteiger partial charge < -0.3 is 0 Å². The minimum Gasteiger partial charge on any atom is -0.293 e. The first kappa shape index (κ1) is 35.5. The van der Waals surface area contributed by atoms with Crippen LogP contribution in [0, 0.1) is 114 Å². The van der Waals surface area contributed by atoms with Gasteiger partial charge in [0.2, 0.25) is 0 Å². The highest BCUT2D eigenvalue weighted by Crippen LogP contribution is 2.64. The molecule has 6 aliphatic carbocycles. The van der Waals surface area contributed by atoms with E-state index in [0.717, 1.165) is 11.1 Å². The lowest BCUT2D eigenvalue weighted by Crippen LogP contribution is -2.53. The molecule has 8 heteroatoms. The fourth-order valence-corrected chi connectivity index (χ4v) is 9.91. The molecule has 0 aromatic carbocycles. The van der Waals surface area contributed by atoms with Gasteiger partial charge in [-0.2, -0.15) is 21.0 Å². The molecule has 0 spiro atoms. The predicted octanol–water partition coefficient (Wildman–Crippen LogP) is 6.08. The number of carbonyl (C=O) groups is 4. The van der Waals surface area contributed by atoms with Crippen LogP contribution < -0.4 is 0 Å². The summed E-state index contributed by atoms with van der Waals surface area (Å²) in [6.07, 6.45) is 23.7. The largest absolute Gasteiger partial charge is 0.293 e. The van der Waals surface area contributed by atoms with Crippen LogP contribution in [0.3, 0.4) is 0 Å². The molecule has 6 rings (SSSR count). The number of Topliss-reactive ketones (excluding diaryl/α,β-unsaturated/α-hetero) is 2. The topological polar surface area (TPSA) is 163 Å². The SMILES string of the molecule is C#C[C@@]12C=C(C#N)C(=O)C=C1[C@]1(C)C=C(C#N)C(=O)C(C)(C)[C@H]1CC2.C#C[C@]12C=C(C#N)C(=O)C=C1[C@@]1(C)C=C(C#N)C(=O)C(C)(C)[C@@H]1CC2. The van der Waals surface area contributed by atoms with E-state index in [1.54, 1.807) is 24.3 Å². The number of fused-ring (bicyclic) bond motifs is 6. The molecular weight excluding hydrogens is 624 g/mol. The van der Waals surface area contributed by atoms with Gasteiger partial charge in [-0.1, -0.05) is 65.5 Å². The molecule has 50 heavy (non-hydrogen) atoms. The van der Waals surface area contributed by atoms with Crippen molar-refractivity contribution >= 4 is 23.1 Å². The summed E-state index contributed by atoms with van der Waals surface area (Å²) in [5.41, 5.74) is -2.68. The number of carbonyl (C=O) groups excluding carboxylic acids is 4. The summed E-state index contributed by atoms with van der Waals surface area (Å²) in [7, 11) is 0. The van der Waals surface area contributed by atoms with Gasteiger partial charge in [-0.25, -0.2) is 0 Å². The van der Waals surface area contributed by atoms with E-state index in [0.29, 0.717) is 25.7 Å². The molecule has 2 fully saturated rings. The van der Waals surface area contributed by atoms with Gasteiger partial charge >= 0.3 is 0 Å². The first-order valence-electron chi connectivity index (χ1n) is 16.4. The van der Waals surface area contributed by atoms with Crippen LogP contribution in [0.4, 0.5) is 0 Å². The Morgan fingerprint density at radius 1 is 0.560 bits per heavy atom. The molecule has 0 heterocycles. The van der Waals surface area contributed by atoms with Gasteiger partial charge in [0.1, 0.15) is 24.3 Å². The molecule has 0 amide bonds. The molecule has 0 aromatic heterocycles. The summed E-state index contributed by atoms with van der Waals surface area (Å²) in [6.45, 7) is 11.3. The average molecular weight is 661 g/mol. The Hall–Kier alpha value is -5.80. The third kappa shape index (κ3) is 4.64. The van der Waals surface area contributed by atoms with Crippen molar-refractivity contribution in [2.45, 2.75) is 67.2 Å². The third-order valence-corrected chi connectivity index (χ3v) is 12.4. The molecule has 0 aliphatic heterocycles. The molecule has 6 atom stereocenters. The lowest BCUT2D eigenvalue weighted by atomic mass is 9.45. The highest BCUT2D eigenvalue weighted by atomic mass is 16.1. The van der Waals surface area contributed by atoms with Crippen molar-refractivity contribution in [1.82, 2.24) is 0 Å². The molecule has 0 bridgehead atoms. The van der Waals surface area contributed by atoms with Crippen molar-refractivity contribution in [2.75, 3.05) is 0 Å². The molecule has 0 saturated heterocycles. The van der Waals surface area contributed by atoms with E-state index in [2.05, 4.69) is 11.8 Å². The van der Waals surface area contributed by atoms with Crippen LogP contribution in [0.15, 0.2) is 69.9 Å². The second kappa shape index (κ2) is 11.4. The van der Waals surface area contributed by atoms with E-state index in [1.807, 2.05) is 65.8 Å². The highest BCUT2D eigenvalue weighted by molar-refractivity contribution is 6.10. The number of nitriles is 4. The molecule has 0 aromatic rings. The molecule has 0 radical (unpaired) electrons. The van der Waals surface area contributed by atoms with E-state index >= 15 is 0 Å². The third-order valence-electron chi connectivity index (χ3n) is 12.4. The smallest absolute Gasteiger partial charge is 0.196 e. The van der Waals surface area contributed by atoms with Crippen LogP contribution in [0.5, 0.6) is 0 Å². The summed E-state index contributed by atoms with van der Waals surface area (Å²) in [5.74, 6) is 4.38. The standard InChI is InChI=1S/2C21H18N2O2/c2*1-5-21-7-6-16-19(2,3)18(25)14(12-23)9-20(16,4)17(21)8-15(24)13(10-21)11-22/h2*1,8-10,16H,6-7H2,2-4H3/t2*16-,20-,21-/m10/s1. The van der Waals surface area contributed by atoms with E-state index in [4.69, 9.17) is 12.8 Å². The molecule has 2 saturated carbocycles. The van der Waals surface area contributed by atoms with E-state index in [-0.39, 0.29) is 57.3 Å². The molecule has 8 nitrogen and oxygen atoms in total. The number of allylic oxidation sites excluding steroid dienone is 12. The second-order valence-electron chi connectivity index (χ2n) is 15.6. The predicted molar refractivity (Wildman–Crippen MR) is 183 cm³/mol. The van der Waals surface area contributed by atoms with Crippen LogP contribution in [-0.4, -0.2) is 23.1 Å². The van der Waals surface area contributed by atoms with Crippen molar-refractivity contribution in [3.05, 3.63) is 69.9 Å². The Kier molecular flexibility index (Phi) is 8.09. The van der Waals surface area contributed by atoms with Gasteiger partial charge in [0.05, 0.1) is 33.1 Å². The van der Waals surface area contributed by atoms with Crippen molar-refractivity contribution in [2.24, 2.45) is 44.3 Å². The van der Waals surface area contributed by atoms with Crippen molar-refractivity contribution in [3.63, 3.8) is 0 Å². The zero-order valence-electron chi connectivity index (χ0n) is 29.0. The van der Waals surface area contributed by atoms with Crippen molar-refractivity contribution in [1.29, 1.82) is 21.0 Å². The maximum atomic E-state index is 12.7. The minimum absolute atomic E-state index is 0.0550. The zero-order valence-corrected chi connectivity index (χ0v) is 29.0. The van der Waals surface area contributed by atoms with Gasteiger partial charge in [-0.05, 0) is 73.0 Å². The van der Waals surface area contributed by atoms with Gasteiger partial charge in [-0.15, -0.1) is 12.8 Å². The van der Waals surface area contributed by atoms with Gasteiger partial charge in [0.15, 0.2) is 23.1 Å². The fraction of sp³-hybridized carbons (Fsp3) is 0.429. The summed E-state index contributed by atoms with van der Waals surface area (Å²) in [5, 5.41) is 37.3. The molecule has 0 N–H and O–H groups in total. The summed E-state index contributed by atoms with van der Waals surface area (Å²) < 4.78 is 0. The molecular formula is C42H36N4O4. The summed E-state index contributed by atoms with van der Waals surface area (Å²) >= 11 is 0. The zero-order chi connectivity index (χ0) is 37.2. The lowest BCUT2D eigenvalue weighted by Gasteiger charge is -2.56. The number of rotatable bonds is 0. The fourth-order valence-electron chi connectivity index (χ4n) is 9.91. The second-order valence-corrected chi connectivity index (χ2v) is 15.6. The van der Waals surface area contributed by atoms with Crippen LogP contribution in [0.1, 0.15) is 67.2 Å². The Labute approximate surface area is 293 Å². The van der Waals surface area contributed by atoms with Crippen molar-refractivity contribution in [3.8, 4) is 49.0 Å². The van der Waals surface area contributed by atoms with E-state index in [1.165, 1.54) is 12.2 Å². The number of hydrogen-bond acceptors (Lipinski definition) is 8. The highest BCUT2D eigenvalue weighted by Gasteiger charge is 2.61. The molecule has 248 valence electrons. The number of ketones is 4. The lowest BCUT2D eigenvalue weighted by molar-refractivity contribution is -0.130. The Morgan fingerprint density at radius 3 is 1.16 bits per heavy atom. The van der Waals surface area contributed by atoms with Crippen LogP contribution in [0.25, 0.3) is 0 Å². The van der Waals surface area contributed by atoms with Gasteiger partial charge in [-0.3, -0.25) is 19.2 Å². The Bertz CT molecular complexity index is 2010. The number of terminal acetylenes is 2. The number of nitrogens with zero attached hydrogens (tertiary/aromatic N) is 4. The normalized spacial score (nSPS) is 35.7. The molecule has 0 unspecified atom stereocenters. The van der Waals surface area contributed by atoms with Crippen LogP contribution >= 0.6 is 0 Å². The van der Waals surface area contributed by atoms with Crippen LogP contribution in [-0.2, 0) is 19.2 Å². The number of hydrogen-bond donors (Lipinski definition) is 0. The van der Waals surface area contributed by atoms with E-state index < -0.39 is 32.5 Å². The average Bonchev–Trinajstić information content (AvgIpc) is 3.08. The molecule has 6 aliphatic rings. The van der Waals surface area contributed by atoms with E-state index in [9.17, 15) is 40.2 Å². The Balaban J connectivity index is 0.000000194. The maximum absolute atomic E-state index is 12.7. The first-order chi connectivity index (χ1) is 23.3. The van der Waals surface area contributed by atoms with Gasteiger partial charge in [0, 0.05) is 21.7 Å². The van der Waals surface area contributed by atoms with Gasteiger partial charge in [0.25, 0.3) is 0 Å². The first-order valence-corrected chi connectivity index (χ1v) is 16.4. The minimum atomic E-state index is -0.822. The summed E-state index contributed by atoms with van der Waals surface area (Å²) in [4.78, 5) is 50.0. The summed E-state index contributed by atoms with van der Waals surface area (Å²) in [6, 6.07) is 7.86. The Morgan fingerprint density at radius 2 is 0.880 bits per heavy atom. The van der Waals surface area contributed by atoms with Crippen molar-refractivity contribution < 1.29 is 19.2 Å². The van der Waals surface area contributed by atoms with Crippen LogP contribution in [0.2, 0.25) is 0 Å². The quantitative estimate of drug-likeness (QED) is 0.282.